The first kappa shape index (κ1) is 35.8. The summed E-state index contributed by atoms with van der Waals surface area (Å²) in [5.41, 5.74) is 3.12. The van der Waals surface area contributed by atoms with Crippen LogP contribution in [0.2, 0.25) is 0 Å². The second-order valence-electron chi connectivity index (χ2n) is 12.7. The van der Waals surface area contributed by atoms with Crippen molar-refractivity contribution in [2.45, 2.75) is 32.7 Å². The van der Waals surface area contributed by atoms with E-state index in [0.717, 1.165) is 12.0 Å². The molecule has 266 valence electrons. The summed E-state index contributed by atoms with van der Waals surface area (Å²) >= 11 is 0. The highest BCUT2D eigenvalue weighted by molar-refractivity contribution is 8.12. The number of halogens is 1. The smallest absolute Gasteiger partial charge is 0.264 e. The predicted octanol–water partition coefficient (Wildman–Crippen LogP) is 6.35. The summed E-state index contributed by atoms with van der Waals surface area (Å²) in [7, 11) is -3.97. The van der Waals surface area contributed by atoms with Crippen molar-refractivity contribution in [2.24, 2.45) is 5.41 Å². The van der Waals surface area contributed by atoms with Gasteiger partial charge in [-0.3, -0.25) is 8.98 Å². The Morgan fingerprint density at radius 3 is 2.41 bits per heavy atom. The normalized spacial score (nSPS) is 14.6. The molecule has 0 fully saturated rings. The molecule has 0 radical (unpaired) electrons. The fourth-order valence-electron chi connectivity index (χ4n) is 5.34. The SMILES string of the molecule is CC(C)(COS(C)(=O)=O)C(=O)NCCn1ccc2ncnc(Nc3ccc(OC4=CN(Cc5ccccc5)S(Cc5ccccc5)=C4)c(F)c3)c21. The zero-order chi connectivity index (χ0) is 36.0. The molecule has 6 rings (SSSR count). The monoisotopic (exact) mass is 730 g/mol. The van der Waals surface area contributed by atoms with E-state index < -0.39 is 21.4 Å². The minimum absolute atomic E-state index is 0.102. The van der Waals surface area contributed by atoms with Crippen LogP contribution >= 0.6 is 10.7 Å². The van der Waals surface area contributed by atoms with Gasteiger partial charge in [0.2, 0.25) is 5.91 Å². The second-order valence-corrected chi connectivity index (χ2v) is 16.1. The molecule has 0 aliphatic carbocycles. The fourth-order valence-corrected chi connectivity index (χ4v) is 7.70. The Bertz CT molecular complexity index is 2190. The largest absolute Gasteiger partial charge is 0.452 e. The van der Waals surface area contributed by atoms with E-state index in [1.165, 1.54) is 23.5 Å². The molecule has 0 saturated heterocycles. The molecule has 1 aliphatic heterocycles. The predicted molar refractivity (Wildman–Crippen MR) is 199 cm³/mol. The molecule has 1 atom stereocenters. The van der Waals surface area contributed by atoms with Crippen LogP contribution < -0.4 is 15.4 Å². The molecular weight excluding hydrogens is 692 g/mol. The zero-order valence-corrected chi connectivity index (χ0v) is 30.1. The van der Waals surface area contributed by atoms with Crippen LogP contribution in [0.5, 0.6) is 5.75 Å². The summed E-state index contributed by atoms with van der Waals surface area (Å²) in [6.07, 6.45) is 6.14. The summed E-state index contributed by atoms with van der Waals surface area (Å²) in [6, 6.07) is 27.0. The first-order chi connectivity index (χ1) is 24.4. The van der Waals surface area contributed by atoms with Crippen LogP contribution in [-0.2, 0) is 37.9 Å². The standard InChI is InChI=1S/C37H39FN6O5S2/c1-37(2,25-48-51(3,46)47)36(45)39-17-19-43-18-16-32-34(43)35(41-26-40-32)42-29-14-15-33(31(38)20-29)49-30-22-44(21-27-10-6-4-7-11-27)50(24-30)23-28-12-8-5-9-13-28/h4-16,18,20,22,24,26H,17,19,21,23,25H2,1-3H3,(H,39,45)(H,40,41,42). The molecule has 0 saturated carbocycles. The fraction of sp³-hybridized carbons (Fsp3) is 0.243. The Balaban J connectivity index is 1.13. The van der Waals surface area contributed by atoms with Gasteiger partial charge in [-0.1, -0.05) is 71.3 Å². The highest BCUT2D eigenvalue weighted by atomic mass is 32.2. The van der Waals surface area contributed by atoms with Crippen LogP contribution in [0.25, 0.3) is 11.0 Å². The van der Waals surface area contributed by atoms with Crippen molar-refractivity contribution >= 4 is 54.6 Å². The van der Waals surface area contributed by atoms with E-state index in [4.69, 9.17) is 8.92 Å². The van der Waals surface area contributed by atoms with Crippen molar-refractivity contribution in [3.63, 3.8) is 0 Å². The zero-order valence-electron chi connectivity index (χ0n) is 28.5. The van der Waals surface area contributed by atoms with E-state index in [-0.39, 0.29) is 35.5 Å². The third-order valence-corrected chi connectivity index (χ3v) is 10.5. The van der Waals surface area contributed by atoms with Crippen molar-refractivity contribution in [2.75, 3.05) is 24.7 Å². The molecule has 51 heavy (non-hydrogen) atoms. The molecule has 1 unspecified atom stereocenters. The molecular formula is C37H39FN6O5S2. The molecule has 3 aromatic carbocycles. The summed E-state index contributed by atoms with van der Waals surface area (Å²) < 4.78 is 53.4. The maximum absolute atomic E-state index is 15.5. The number of benzene rings is 3. The van der Waals surface area contributed by atoms with E-state index in [2.05, 4.69) is 54.5 Å². The Morgan fingerprint density at radius 1 is 0.980 bits per heavy atom. The molecule has 14 heteroatoms. The number of aromatic nitrogens is 3. The summed E-state index contributed by atoms with van der Waals surface area (Å²) in [4.78, 5) is 21.5. The minimum Gasteiger partial charge on any atom is -0.452 e. The second kappa shape index (κ2) is 15.5. The van der Waals surface area contributed by atoms with Crippen LogP contribution in [0.1, 0.15) is 25.0 Å². The quantitative estimate of drug-likeness (QED) is 0.0936. The molecule has 2 N–H and O–H groups in total. The van der Waals surface area contributed by atoms with Crippen LogP contribution in [0.3, 0.4) is 0 Å². The first-order valence-electron chi connectivity index (χ1n) is 16.2. The van der Waals surface area contributed by atoms with Gasteiger partial charge >= 0.3 is 0 Å². The average molecular weight is 731 g/mol. The lowest BCUT2D eigenvalue weighted by atomic mass is 9.94. The summed E-state index contributed by atoms with van der Waals surface area (Å²) in [5, 5.41) is 8.09. The van der Waals surface area contributed by atoms with Gasteiger partial charge in [-0.25, -0.2) is 14.4 Å². The molecule has 11 nitrogen and oxygen atoms in total. The minimum atomic E-state index is -3.68. The summed E-state index contributed by atoms with van der Waals surface area (Å²) in [5.74, 6) is 1.06. The number of amides is 1. The number of rotatable bonds is 15. The van der Waals surface area contributed by atoms with Crippen molar-refractivity contribution in [3.8, 4) is 5.75 Å². The Labute approximate surface area is 299 Å². The van der Waals surface area contributed by atoms with Gasteiger partial charge in [-0.2, -0.15) is 8.42 Å². The molecule has 0 bridgehead atoms. The van der Waals surface area contributed by atoms with Gasteiger partial charge in [0, 0.05) is 42.2 Å². The van der Waals surface area contributed by atoms with E-state index >= 15 is 4.39 Å². The molecule has 1 amide bonds. The maximum atomic E-state index is 15.5. The van der Waals surface area contributed by atoms with Crippen LogP contribution in [0, 0.1) is 11.2 Å². The van der Waals surface area contributed by atoms with Crippen molar-refractivity contribution in [1.29, 1.82) is 0 Å². The lowest BCUT2D eigenvalue weighted by molar-refractivity contribution is -0.130. The molecule has 5 aromatic rings. The number of ether oxygens (including phenoxy) is 1. The van der Waals surface area contributed by atoms with Crippen LogP contribution in [-0.4, -0.2) is 57.9 Å². The lowest BCUT2D eigenvalue weighted by Crippen LogP contribution is -2.41. The number of carbonyl (C=O) groups excluding carboxylic acids is 1. The number of nitrogens with one attached hydrogen (secondary N) is 2. The van der Waals surface area contributed by atoms with E-state index in [1.807, 2.05) is 59.4 Å². The topological polar surface area (TPSA) is 128 Å². The van der Waals surface area contributed by atoms with Crippen molar-refractivity contribution in [3.05, 3.63) is 126 Å². The summed E-state index contributed by atoms with van der Waals surface area (Å²) in [6.45, 7) is 4.27. The third-order valence-electron chi connectivity index (χ3n) is 8.02. The lowest BCUT2D eigenvalue weighted by Gasteiger charge is -2.22. The number of hydrogen-bond acceptors (Lipinski definition) is 9. The van der Waals surface area contributed by atoms with Gasteiger partial charge in [0.1, 0.15) is 11.8 Å². The number of carbonyl (C=O) groups is 1. The Hall–Kier alpha value is -5.05. The van der Waals surface area contributed by atoms with Gasteiger partial charge in [0.25, 0.3) is 10.1 Å². The van der Waals surface area contributed by atoms with E-state index in [1.54, 1.807) is 26.0 Å². The molecule has 3 heterocycles. The first-order valence-corrected chi connectivity index (χ1v) is 19.4. The van der Waals surface area contributed by atoms with Crippen LogP contribution in [0.4, 0.5) is 15.9 Å². The Morgan fingerprint density at radius 2 is 1.71 bits per heavy atom. The van der Waals surface area contributed by atoms with E-state index in [9.17, 15) is 13.2 Å². The van der Waals surface area contributed by atoms with Crippen molar-refractivity contribution in [1.82, 2.24) is 24.2 Å². The number of nitrogens with zero attached hydrogens (tertiary/aromatic N) is 4. The van der Waals surface area contributed by atoms with Crippen LogP contribution in [0.15, 0.2) is 109 Å². The molecule has 0 spiro atoms. The van der Waals surface area contributed by atoms with Gasteiger partial charge in [0.05, 0.1) is 36.5 Å². The average Bonchev–Trinajstić information content (AvgIpc) is 3.69. The number of anilines is 2. The van der Waals surface area contributed by atoms with Gasteiger partial charge in [0.15, 0.2) is 23.1 Å². The van der Waals surface area contributed by atoms with Gasteiger partial charge in [-0.15, -0.1) is 0 Å². The molecule has 2 aromatic heterocycles. The van der Waals surface area contributed by atoms with Gasteiger partial charge < -0.3 is 24.2 Å². The number of hydrogen-bond donors (Lipinski definition) is 2. The Kier molecular flexibility index (Phi) is 10.8. The third kappa shape index (κ3) is 9.39. The van der Waals surface area contributed by atoms with Crippen molar-refractivity contribution < 1.29 is 26.5 Å². The number of fused-ring (bicyclic) bond motifs is 1. The highest BCUT2D eigenvalue weighted by Gasteiger charge is 2.29. The molecule has 1 aliphatic rings. The van der Waals surface area contributed by atoms with Gasteiger partial charge in [-0.05, 0) is 43.2 Å². The van der Waals surface area contributed by atoms with E-state index in [0.29, 0.717) is 41.4 Å². The number of allylic oxidation sites excluding steroid dienone is 1. The maximum Gasteiger partial charge on any atom is 0.264 e. The highest BCUT2D eigenvalue weighted by Crippen LogP contribution is 2.35.